The maximum atomic E-state index is 12.1. The molecule has 2 aromatic carbocycles. The summed E-state index contributed by atoms with van der Waals surface area (Å²) in [6, 6.07) is 16.0. The lowest BCUT2D eigenvalue weighted by Gasteiger charge is -2.39. The van der Waals surface area contributed by atoms with E-state index in [-0.39, 0.29) is 24.7 Å². The van der Waals surface area contributed by atoms with Gasteiger partial charge in [-0.25, -0.2) is 0 Å². The first kappa shape index (κ1) is 15.7. The van der Waals surface area contributed by atoms with Gasteiger partial charge in [0.1, 0.15) is 12.7 Å². The molecule has 114 valence electrons. The standard InChI is InChI=1S/C17H15Br2NO2/c1-20-15(21)10-22-17(12-4-8-14(19)9-5-12)16(20)11-2-6-13(18)7-3-11/h2-9,16-17H,10H2,1H3/t16-,17+/m0/s1. The molecule has 1 aliphatic rings. The topological polar surface area (TPSA) is 29.5 Å². The van der Waals surface area contributed by atoms with E-state index in [9.17, 15) is 4.79 Å². The van der Waals surface area contributed by atoms with E-state index in [0.717, 1.165) is 20.1 Å². The van der Waals surface area contributed by atoms with Crippen LogP contribution in [0.25, 0.3) is 0 Å². The minimum Gasteiger partial charge on any atom is -0.361 e. The molecule has 22 heavy (non-hydrogen) atoms. The zero-order valence-electron chi connectivity index (χ0n) is 12.0. The highest BCUT2D eigenvalue weighted by Gasteiger charge is 2.36. The fourth-order valence-corrected chi connectivity index (χ4v) is 3.23. The quantitative estimate of drug-likeness (QED) is 0.711. The minimum atomic E-state index is -0.169. The average Bonchev–Trinajstić information content (AvgIpc) is 2.52. The summed E-state index contributed by atoms with van der Waals surface area (Å²) in [6.07, 6.45) is -0.169. The van der Waals surface area contributed by atoms with Crippen LogP contribution in [0.3, 0.4) is 0 Å². The van der Waals surface area contributed by atoms with Crippen molar-refractivity contribution in [1.82, 2.24) is 4.90 Å². The predicted octanol–water partition coefficient (Wildman–Crippen LogP) is 4.48. The smallest absolute Gasteiger partial charge is 0.248 e. The molecule has 1 aliphatic heterocycles. The monoisotopic (exact) mass is 423 g/mol. The van der Waals surface area contributed by atoms with Crippen LogP contribution in [0.4, 0.5) is 0 Å². The molecule has 0 spiro atoms. The SMILES string of the molecule is CN1C(=O)CO[C@H](c2ccc(Br)cc2)[C@@H]1c1ccc(Br)cc1. The molecule has 5 heteroatoms. The van der Waals surface area contributed by atoms with Gasteiger partial charge in [-0.1, -0.05) is 56.1 Å². The highest BCUT2D eigenvalue weighted by atomic mass is 79.9. The fraction of sp³-hybridized carbons (Fsp3) is 0.235. The molecule has 1 saturated heterocycles. The van der Waals surface area contributed by atoms with Crippen LogP contribution in [0.2, 0.25) is 0 Å². The highest BCUT2D eigenvalue weighted by molar-refractivity contribution is 9.10. The largest absolute Gasteiger partial charge is 0.361 e. The third kappa shape index (κ3) is 3.12. The lowest BCUT2D eigenvalue weighted by molar-refractivity contribution is -0.155. The predicted molar refractivity (Wildman–Crippen MR) is 92.5 cm³/mol. The molecule has 0 bridgehead atoms. The Balaban J connectivity index is 2.00. The van der Waals surface area contributed by atoms with Crippen molar-refractivity contribution < 1.29 is 9.53 Å². The van der Waals surface area contributed by atoms with Gasteiger partial charge in [0.2, 0.25) is 5.91 Å². The number of likely N-dealkylation sites (N-methyl/N-ethyl adjacent to an activating group) is 1. The summed E-state index contributed by atoms with van der Waals surface area (Å²) in [4.78, 5) is 13.8. The highest BCUT2D eigenvalue weighted by Crippen LogP contribution is 2.39. The van der Waals surface area contributed by atoms with Gasteiger partial charge in [0, 0.05) is 16.0 Å². The number of halogens is 2. The molecule has 0 saturated carbocycles. The summed E-state index contributed by atoms with van der Waals surface area (Å²) in [6.45, 7) is 0.115. The number of benzene rings is 2. The van der Waals surface area contributed by atoms with Gasteiger partial charge in [-0.05, 0) is 35.4 Å². The number of carbonyl (C=O) groups excluding carboxylic acids is 1. The van der Waals surface area contributed by atoms with E-state index >= 15 is 0 Å². The van der Waals surface area contributed by atoms with Gasteiger partial charge >= 0.3 is 0 Å². The van der Waals surface area contributed by atoms with Crippen LogP contribution < -0.4 is 0 Å². The molecule has 0 radical (unpaired) electrons. The lowest BCUT2D eigenvalue weighted by Crippen LogP contribution is -2.43. The van der Waals surface area contributed by atoms with Crippen LogP contribution in [0, 0.1) is 0 Å². The molecule has 1 fully saturated rings. The Bertz CT molecular complexity index is 670. The summed E-state index contributed by atoms with van der Waals surface area (Å²) < 4.78 is 7.91. The number of morpholine rings is 1. The van der Waals surface area contributed by atoms with Gasteiger partial charge in [0.05, 0.1) is 6.04 Å². The summed E-state index contributed by atoms with van der Waals surface area (Å²) >= 11 is 6.90. The van der Waals surface area contributed by atoms with Gasteiger partial charge in [0.15, 0.2) is 0 Å². The lowest BCUT2D eigenvalue weighted by atomic mass is 9.93. The Morgan fingerprint density at radius 3 is 2.00 bits per heavy atom. The van der Waals surface area contributed by atoms with Crippen molar-refractivity contribution in [3.8, 4) is 0 Å². The first-order valence-corrected chi connectivity index (χ1v) is 8.53. The van der Waals surface area contributed by atoms with Crippen LogP contribution in [0.1, 0.15) is 23.3 Å². The van der Waals surface area contributed by atoms with E-state index < -0.39 is 0 Å². The maximum Gasteiger partial charge on any atom is 0.248 e. The van der Waals surface area contributed by atoms with E-state index in [0.29, 0.717) is 0 Å². The van der Waals surface area contributed by atoms with Crippen molar-refractivity contribution in [2.45, 2.75) is 12.1 Å². The number of carbonyl (C=O) groups is 1. The zero-order chi connectivity index (χ0) is 15.7. The van der Waals surface area contributed by atoms with Crippen molar-refractivity contribution >= 4 is 37.8 Å². The van der Waals surface area contributed by atoms with Crippen molar-refractivity contribution in [3.63, 3.8) is 0 Å². The summed E-state index contributed by atoms with van der Waals surface area (Å²) in [5.74, 6) is 0.00119. The van der Waals surface area contributed by atoms with E-state index in [1.165, 1.54) is 0 Å². The van der Waals surface area contributed by atoms with Crippen LogP contribution in [0.15, 0.2) is 57.5 Å². The molecule has 1 heterocycles. The van der Waals surface area contributed by atoms with E-state index in [1.807, 2.05) is 55.6 Å². The van der Waals surface area contributed by atoms with E-state index in [4.69, 9.17) is 4.74 Å². The number of hydrogen-bond donors (Lipinski definition) is 0. The summed E-state index contributed by atoms with van der Waals surface area (Å²) in [5, 5.41) is 0. The Kier molecular flexibility index (Phi) is 4.66. The normalized spacial score (nSPS) is 22.0. The summed E-state index contributed by atoms with van der Waals surface area (Å²) in [7, 11) is 1.84. The molecule has 1 amide bonds. The van der Waals surface area contributed by atoms with Gasteiger partial charge in [0.25, 0.3) is 0 Å². The Hall–Kier alpha value is -1.17. The van der Waals surface area contributed by atoms with Crippen molar-refractivity contribution in [2.75, 3.05) is 13.7 Å². The van der Waals surface area contributed by atoms with Crippen molar-refractivity contribution in [3.05, 3.63) is 68.6 Å². The first-order chi connectivity index (χ1) is 10.6. The average molecular weight is 425 g/mol. The Labute approximate surface area is 146 Å². The van der Waals surface area contributed by atoms with Crippen LogP contribution in [-0.4, -0.2) is 24.5 Å². The fourth-order valence-electron chi connectivity index (χ4n) is 2.70. The molecular weight excluding hydrogens is 410 g/mol. The Morgan fingerprint density at radius 1 is 0.955 bits per heavy atom. The van der Waals surface area contributed by atoms with Crippen molar-refractivity contribution in [1.29, 1.82) is 0 Å². The number of hydrogen-bond acceptors (Lipinski definition) is 2. The van der Waals surface area contributed by atoms with E-state index in [1.54, 1.807) is 4.90 Å². The third-order valence-corrected chi connectivity index (χ3v) is 4.95. The number of amides is 1. The van der Waals surface area contributed by atoms with Gasteiger partial charge in [-0.15, -0.1) is 0 Å². The van der Waals surface area contributed by atoms with Crippen LogP contribution in [-0.2, 0) is 9.53 Å². The molecule has 0 unspecified atom stereocenters. The van der Waals surface area contributed by atoms with Gasteiger partial charge < -0.3 is 9.64 Å². The number of rotatable bonds is 2. The molecule has 2 atom stereocenters. The van der Waals surface area contributed by atoms with Crippen LogP contribution in [0.5, 0.6) is 0 Å². The van der Waals surface area contributed by atoms with Gasteiger partial charge in [-0.2, -0.15) is 0 Å². The maximum absolute atomic E-state index is 12.1. The van der Waals surface area contributed by atoms with Crippen molar-refractivity contribution in [2.24, 2.45) is 0 Å². The van der Waals surface area contributed by atoms with E-state index in [2.05, 4.69) is 31.9 Å². The molecule has 0 N–H and O–H groups in total. The number of ether oxygens (including phenoxy) is 1. The second-order valence-electron chi connectivity index (χ2n) is 5.28. The minimum absolute atomic E-state index is 0.00119. The van der Waals surface area contributed by atoms with Crippen LogP contribution >= 0.6 is 31.9 Å². The molecule has 0 aliphatic carbocycles. The first-order valence-electron chi connectivity index (χ1n) is 6.94. The zero-order valence-corrected chi connectivity index (χ0v) is 15.2. The molecule has 3 nitrogen and oxygen atoms in total. The molecule has 0 aromatic heterocycles. The molecule has 2 aromatic rings. The summed E-state index contributed by atoms with van der Waals surface area (Å²) in [5.41, 5.74) is 2.13. The molecule has 3 rings (SSSR count). The second kappa shape index (κ2) is 6.52. The molecular formula is C17H15Br2NO2. The Morgan fingerprint density at radius 2 is 1.45 bits per heavy atom. The van der Waals surface area contributed by atoms with Gasteiger partial charge in [-0.3, -0.25) is 4.79 Å². The second-order valence-corrected chi connectivity index (χ2v) is 7.12. The third-order valence-electron chi connectivity index (χ3n) is 3.89. The number of nitrogens with zero attached hydrogens (tertiary/aromatic N) is 1.